The van der Waals surface area contributed by atoms with Crippen molar-refractivity contribution in [3.05, 3.63) is 104 Å². The number of nitrogens with zero attached hydrogens (tertiary/aromatic N) is 1. The predicted octanol–water partition coefficient (Wildman–Crippen LogP) is 4.91. The summed E-state index contributed by atoms with van der Waals surface area (Å²) in [6.45, 7) is 4.30. The molecule has 3 aromatic carbocycles. The van der Waals surface area contributed by atoms with Crippen molar-refractivity contribution in [3.63, 3.8) is 0 Å². The van der Waals surface area contributed by atoms with Crippen LogP contribution in [0.15, 0.2) is 69.9 Å². The largest absolute Gasteiger partial charge is 0.508 e. The molecule has 1 aliphatic rings. The van der Waals surface area contributed by atoms with E-state index in [-0.39, 0.29) is 22.8 Å². The molecule has 1 N–H and O–H groups in total. The SMILES string of the molecule is COc1ccc(CCN2C(=O)c3oc4cc(C)c(C)cc4c(=O)c3[C@@H]2c2ccc(O)cc2)cc1. The van der Waals surface area contributed by atoms with E-state index in [1.165, 1.54) is 0 Å². The zero-order chi connectivity index (χ0) is 24.0. The van der Waals surface area contributed by atoms with E-state index in [4.69, 9.17) is 9.15 Å². The molecule has 1 aliphatic heterocycles. The molecule has 0 bridgehead atoms. The van der Waals surface area contributed by atoms with Gasteiger partial charge in [0.15, 0.2) is 5.43 Å². The molecular formula is C28H25NO5. The van der Waals surface area contributed by atoms with Crippen LogP contribution in [0.2, 0.25) is 0 Å². The van der Waals surface area contributed by atoms with Crippen molar-refractivity contribution in [1.82, 2.24) is 4.90 Å². The van der Waals surface area contributed by atoms with Gasteiger partial charge in [-0.15, -0.1) is 0 Å². The van der Waals surface area contributed by atoms with Crippen molar-refractivity contribution in [1.29, 1.82) is 0 Å². The minimum atomic E-state index is -0.594. The average molecular weight is 456 g/mol. The number of methoxy groups -OCH3 is 1. The smallest absolute Gasteiger partial charge is 0.290 e. The summed E-state index contributed by atoms with van der Waals surface area (Å²) in [6.07, 6.45) is 0.601. The highest BCUT2D eigenvalue weighted by Gasteiger charge is 2.42. The molecule has 0 aliphatic carbocycles. The Labute approximate surface area is 197 Å². The second-order valence-corrected chi connectivity index (χ2v) is 8.70. The van der Waals surface area contributed by atoms with E-state index >= 15 is 0 Å². The lowest BCUT2D eigenvalue weighted by Gasteiger charge is -2.25. The molecule has 0 spiro atoms. The van der Waals surface area contributed by atoms with Gasteiger partial charge in [-0.25, -0.2) is 0 Å². The predicted molar refractivity (Wildman–Crippen MR) is 130 cm³/mol. The second kappa shape index (κ2) is 8.37. The van der Waals surface area contributed by atoms with Crippen LogP contribution in [0.25, 0.3) is 11.0 Å². The highest BCUT2D eigenvalue weighted by Crippen LogP contribution is 2.39. The summed E-state index contributed by atoms with van der Waals surface area (Å²) >= 11 is 0. The molecule has 0 saturated heterocycles. The Hall–Kier alpha value is -4.06. The summed E-state index contributed by atoms with van der Waals surface area (Å²) in [5.74, 6) is 0.671. The third-order valence-electron chi connectivity index (χ3n) is 6.59. The van der Waals surface area contributed by atoms with E-state index in [2.05, 4.69) is 0 Å². The monoisotopic (exact) mass is 455 g/mol. The van der Waals surface area contributed by atoms with Gasteiger partial charge in [-0.05, 0) is 78.9 Å². The standard InChI is InChI=1S/C28H25NO5/c1-16-14-22-23(15-17(16)2)34-27-24(26(22)31)25(19-6-8-20(30)9-7-19)29(28(27)32)13-12-18-4-10-21(33-3)11-5-18/h4-11,14-15,25,30H,12-13H2,1-3H3/t25-/m0/s1. The first-order valence-electron chi connectivity index (χ1n) is 11.2. The third-order valence-corrected chi connectivity index (χ3v) is 6.59. The molecule has 4 aromatic rings. The number of carbonyl (C=O) groups excluding carboxylic acids is 1. The molecule has 0 unspecified atom stereocenters. The van der Waals surface area contributed by atoms with Crippen LogP contribution in [0, 0.1) is 13.8 Å². The zero-order valence-electron chi connectivity index (χ0n) is 19.3. The van der Waals surface area contributed by atoms with Gasteiger partial charge in [0.1, 0.15) is 17.1 Å². The van der Waals surface area contributed by atoms with Gasteiger partial charge in [0.25, 0.3) is 5.91 Å². The second-order valence-electron chi connectivity index (χ2n) is 8.70. The minimum absolute atomic E-state index is 0.0913. The number of amides is 1. The number of fused-ring (bicyclic) bond motifs is 2. The number of phenols is 1. The van der Waals surface area contributed by atoms with Gasteiger partial charge in [0.05, 0.1) is 24.1 Å². The molecule has 2 heterocycles. The molecule has 0 saturated carbocycles. The van der Waals surface area contributed by atoms with Gasteiger partial charge >= 0.3 is 0 Å². The summed E-state index contributed by atoms with van der Waals surface area (Å²) in [5, 5.41) is 10.3. The van der Waals surface area contributed by atoms with Crippen LogP contribution in [0.5, 0.6) is 11.5 Å². The lowest BCUT2D eigenvalue weighted by atomic mass is 9.97. The van der Waals surface area contributed by atoms with Crippen LogP contribution >= 0.6 is 0 Å². The first-order valence-corrected chi connectivity index (χ1v) is 11.2. The molecule has 1 aromatic heterocycles. The number of hydrogen-bond acceptors (Lipinski definition) is 5. The topological polar surface area (TPSA) is 80.0 Å². The third kappa shape index (κ3) is 3.61. The number of hydrogen-bond donors (Lipinski definition) is 1. The van der Waals surface area contributed by atoms with E-state index in [0.29, 0.717) is 29.5 Å². The fourth-order valence-corrected chi connectivity index (χ4v) is 4.55. The van der Waals surface area contributed by atoms with Gasteiger partial charge in [-0.1, -0.05) is 24.3 Å². The van der Waals surface area contributed by atoms with Gasteiger partial charge in [-0.3, -0.25) is 9.59 Å². The number of benzene rings is 3. The Balaban J connectivity index is 1.61. The van der Waals surface area contributed by atoms with Crippen molar-refractivity contribution >= 4 is 16.9 Å². The molecular weight excluding hydrogens is 430 g/mol. The van der Waals surface area contributed by atoms with Crippen LogP contribution in [-0.2, 0) is 6.42 Å². The van der Waals surface area contributed by atoms with E-state index in [0.717, 1.165) is 28.0 Å². The van der Waals surface area contributed by atoms with E-state index in [1.807, 2.05) is 50.2 Å². The first kappa shape index (κ1) is 21.8. The van der Waals surface area contributed by atoms with Crippen LogP contribution in [-0.4, -0.2) is 29.6 Å². The van der Waals surface area contributed by atoms with E-state index in [9.17, 15) is 14.7 Å². The number of phenolic OH excluding ortho intramolecular Hbond substituents is 1. The summed E-state index contributed by atoms with van der Waals surface area (Å²) in [7, 11) is 1.62. The Morgan fingerprint density at radius 2 is 1.65 bits per heavy atom. The number of rotatable bonds is 5. The van der Waals surface area contributed by atoms with Crippen molar-refractivity contribution in [2.45, 2.75) is 26.3 Å². The van der Waals surface area contributed by atoms with Gasteiger partial charge in [-0.2, -0.15) is 0 Å². The molecule has 1 atom stereocenters. The summed E-state index contributed by atoms with van der Waals surface area (Å²) in [4.78, 5) is 28.9. The molecule has 34 heavy (non-hydrogen) atoms. The molecule has 0 radical (unpaired) electrons. The van der Waals surface area contributed by atoms with Crippen LogP contribution in [0.3, 0.4) is 0 Å². The average Bonchev–Trinajstić information content (AvgIpc) is 3.11. The van der Waals surface area contributed by atoms with Crippen molar-refractivity contribution < 1.29 is 19.1 Å². The molecule has 0 fully saturated rings. The van der Waals surface area contributed by atoms with Crippen LogP contribution in [0.1, 0.15) is 44.4 Å². The highest BCUT2D eigenvalue weighted by molar-refractivity contribution is 5.99. The van der Waals surface area contributed by atoms with Crippen molar-refractivity contribution in [2.75, 3.05) is 13.7 Å². The molecule has 172 valence electrons. The highest BCUT2D eigenvalue weighted by atomic mass is 16.5. The van der Waals surface area contributed by atoms with E-state index < -0.39 is 6.04 Å². The van der Waals surface area contributed by atoms with Crippen molar-refractivity contribution in [2.24, 2.45) is 0 Å². The number of aromatic hydroxyl groups is 1. The van der Waals surface area contributed by atoms with Gasteiger partial charge in [0, 0.05) is 6.54 Å². The lowest BCUT2D eigenvalue weighted by molar-refractivity contribution is 0.0730. The maximum atomic E-state index is 13.7. The fourth-order valence-electron chi connectivity index (χ4n) is 4.55. The lowest BCUT2D eigenvalue weighted by Crippen LogP contribution is -2.31. The van der Waals surface area contributed by atoms with Crippen LogP contribution < -0.4 is 10.2 Å². The van der Waals surface area contributed by atoms with Gasteiger partial charge < -0.3 is 19.2 Å². The minimum Gasteiger partial charge on any atom is -0.508 e. The molecule has 6 nitrogen and oxygen atoms in total. The fraction of sp³-hybridized carbons (Fsp3) is 0.214. The van der Waals surface area contributed by atoms with Crippen LogP contribution in [0.4, 0.5) is 0 Å². The summed E-state index contributed by atoms with van der Waals surface area (Å²) in [6, 6.07) is 17.4. The molecule has 6 heteroatoms. The van der Waals surface area contributed by atoms with E-state index in [1.54, 1.807) is 36.3 Å². The van der Waals surface area contributed by atoms with Gasteiger partial charge in [0.2, 0.25) is 5.76 Å². The maximum Gasteiger partial charge on any atom is 0.290 e. The molecule has 1 amide bonds. The molecule has 5 rings (SSSR count). The Morgan fingerprint density at radius 3 is 2.32 bits per heavy atom. The Morgan fingerprint density at radius 1 is 0.971 bits per heavy atom. The Kier molecular flexibility index (Phi) is 5.36. The first-order chi connectivity index (χ1) is 16.4. The Bertz CT molecular complexity index is 1450. The normalized spacial score (nSPS) is 15.1. The van der Waals surface area contributed by atoms with Crippen molar-refractivity contribution in [3.8, 4) is 11.5 Å². The summed E-state index contributed by atoms with van der Waals surface area (Å²) in [5.41, 5.74) is 4.34. The number of carbonyl (C=O) groups is 1. The quantitative estimate of drug-likeness (QED) is 0.462. The number of aryl methyl sites for hydroxylation is 2. The number of ether oxygens (including phenoxy) is 1. The summed E-state index contributed by atoms with van der Waals surface area (Å²) < 4.78 is 11.3. The maximum absolute atomic E-state index is 13.7. The zero-order valence-corrected chi connectivity index (χ0v) is 19.3.